The molecule has 0 aromatic rings. The number of aliphatic carboxylic acids is 2. The second-order valence-electron chi connectivity index (χ2n) is 5.39. The second kappa shape index (κ2) is 3.60. The molecular formula is C11H11N3O5S. The molecule has 0 aromatic carbocycles. The SMILES string of the molecule is CC1(C)S[C@H]2N(C(=O)C23C=C(C(=O)O)N=N3)[C@H]1C(=O)O. The molecule has 8 nitrogen and oxygen atoms in total. The van der Waals surface area contributed by atoms with Crippen LogP contribution in [0.1, 0.15) is 13.8 Å². The number of fused-ring (bicyclic) bond motifs is 2. The molecule has 0 aromatic heterocycles. The number of azo groups is 1. The lowest BCUT2D eigenvalue weighted by Crippen LogP contribution is -2.71. The average Bonchev–Trinajstić information content (AvgIpc) is 2.88. The Balaban J connectivity index is 2.00. The van der Waals surface area contributed by atoms with Gasteiger partial charge in [0.1, 0.15) is 11.4 Å². The Morgan fingerprint density at radius 2 is 2.05 bits per heavy atom. The van der Waals surface area contributed by atoms with E-state index in [0.29, 0.717) is 0 Å². The molecule has 20 heavy (non-hydrogen) atoms. The van der Waals surface area contributed by atoms with E-state index < -0.39 is 39.5 Å². The molecule has 0 saturated carbocycles. The van der Waals surface area contributed by atoms with E-state index in [4.69, 9.17) is 5.11 Å². The van der Waals surface area contributed by atoms with Crippen molar-refractivity contribution >= 4 is 29.6 Å². The summed E-state index contributed by atoms with van der Waals surface area (Å²) in [5.74, 6) is -2.84. The van der Waals surface area contributed by atoms with E-state index in [2.05, 4.69) is 10.2 Å². The predicted octanol–water partition coefficient (Wildman–Crippen LogP) is 0.306. The van der Waals surface area contributed by atoms with Gasteiger partial charge in [-0.1, -0.05) is 0 Å². The Morgan fingerprint density at radius 3 is 2.55 bits per heavy atom. The van der Waals surface area contributed by atoms with Gasteiger partial charge in [-0.3, -0.25) is 4.79 Å². The number of amides is 1. The lowest BCUT2D eigenvalue weighted by molar-refractivity contribution is -0.162. The maximum atomic E-state index is 12.3. The molecule has 0 aliphatic carbocycles. The molecule has 3 aliphatic heterocycles. The first-order valence-corrected chi connectivity index (χ1v) is 6.71. The summed E-state index contributed by atoms with van der Waals surface area (Å²) in [4.78, 5) is 35.8. The average molecular weight is 297 g/mol. The first-order chi connectivity index (χ1) is 9.20. The third kappa shape index (κ3) is 1.35. The Labute approximate surface area is 117 Å². The van der Waals surface area contributed by atoms with Crippen LogP contribution >= 0.6 is 11.8 Å². The Kier molecular flexibility index (Phi) is 2.36. The number of hydrogen-bond donors (Lipinski definition) is 2. The monoisotopic (exact) mass is 297 g/mol. The van der Waals surface area contributed by atoms with Crippen molar-refractivity contribution in [3.05, 3.63) is 11.8 Å². The minimum Gasteiger partial charge on any atom is -0.480 e. The molecular weight excluding hydrogens is 286 g/mol. The summed E-state index contributed by atoms with van der Waals surface area (Å²) < 4.78 is -0.676. The van der Waals surface area contributed by atoms with Crippen LogP contribution in [0.15, 0.2) is 22.0 Å². The zero-order valence-corrected chi connectivity index (χ0v) is 11.4. The maximum Gasteiger partial charge on any atom is 0.356 e. The summed E-state index contributed by atoms with van der Waals surface area (Å²) >= 11 is 1.30. The summed E-state index contributed by atoms with van der Waals surface area (Å²) in [6.45, 7) is 3.48. The van der Waals surface area contributed by atoms with Crippen LogP contribution in [0, 0.1) is 0 Å². The van der Waals surface area contributed by atoms with Gasteiger partial charge >= 0.3 is 11.9 Å². The number of nitrogens with zero attached hydrogens (tertiary/aromatic N) is 3. The van der Waals surface area contributed by atoms with Crippen LogP contribution in [0.2, 0.25) is 0 Å². The van der Waals surface area contributed by atoms with Crippen LogP contribution in [0.5, 0.6) is 0 Å². The number of carboxylic acids is 2. The van der Waals surface area contributed by atoms with Crippen molar-refractivity contribution in [2.24, 2.45) is 10.2 Å². The summed E-state index contributed by atoms with van der Waals surface area (Å²) in [7, 11) is 0. The molecule has 3 atom stereocenters. The molecule has 106 valence electrons. The van der Waals surface area contributed by atoms with Crippen LogP contribution in [0.4, 0.5) is 0 Å². The van der Waals surface area contributed by atoms with E-state index in [0.717, 1.165) is 0 Å². The van der Waals surface area contributed by atoms with Crippen LogP contribution in [0.3, 0.4) is 0 Å². The van der Waals surface area contributed by atoms with Gasteiger partial charge in [-0.2, -0.15) is 5.11 Å². The number of rotatable bonds is 2. The summed E-state index contributed by atoms with van der Waals surface area (Å²) in [5.41, 5.74) is -1.63. The number of carboxylic acid groups (broad SMARTS) is 2. The van der Waals surface area contributed by atoms with E-state index >= 15 is 0 Å². The molecule has 0 radical (unpaired) electrons. The summed E-state index contributed by atoms with van der Waals surface area (Å²) in [5, 5.41) is 25.0. The van der Waals surface area contributed by atoms with Gasteiger partial charge in [-0.25, -0.2) is 9.59 Å². The molecule has 3 heterocycles. The number of carbonyl (C=O) groups excluding carboxylic acids is 1. The standard InChI is InChI=1S/C11H11N3O5S/c1-10(2)5(7(17)18)14-8(19)11(9(14)20-10)3-4(6(15)16)12-13-11/h3,5,9H,1-2H3,(H,15,16)(H,17,18)/t5-,9+,11?/m0/s1. The van der Waals surface area contributed by atoms with Crippen molar-refractivity contribution in [1.29, 1.82) is 0 Å². The lowest BCUT2D eigenvalue weighted by Gasteiger charge is -2.47. The third-order valence-electron chi connectivity index (χ3n) is 3.69. The second-order valence-corrected chi connectivity index (χ2v) is 7.12. The van der Waals surface area contributed by atoms with Gasteiger partial charge in [-0.05, 0) is 19.9 Å². The predicted molar refractivity (Wildman–Crippen MR) is 67.0 cm³/mol. The van der Waals surface area contributed by atoms with Gasteiger partial charge in [0.25, 0.3) is 5.91 Å². The van der Waals surface area contributed by atoms with Gasteiger partial charge in [0.05, 0.1) is 0 Å². The highest BCUT2D eigenvalue weighted by molar-refractivity contribution is 8.01. The number of carbonyl (C=O) groups is 3. The Bertz CT molecular complexity index is 613. The third-order valence-corrected chi connectivity index (χ3v) is 5.33. The molecule has 2 fully saturated rings. The largest absolute Gasteiger partial charge is 0.480 e. The minimum atomic E-state index is -1.35. The quantitative estimate of drug-likeness (QED) is 0.708. The highest BCUT2D eigenvalue weighted by Crippen LogP contribution is 2.58. The van der Waals surface area contributed by atoms with Crippen LogP contribution in [0.25, 0.3) is 0 Å². The number of thioether (sulfide) groups is 1. The molecule has 3 aliphatic rings. The van der Waals surface area contributed by atoms with Gasteiger partial charge in [-0.15, -0.1) is 16.9 Å². The molecule has 2 saturated heterocycles. The van der Waals surface area contributed by atoms with Crippen molar-refractivity contribution in [3.8, 4) is 0 Å². The van der Waals surface area contributed by atoms with Gasteiger partial charge in [0.2, 0.25) is 5.54 Å². The summed E-state index contributed by atoms with van der Waals surface area (Å²) in [6.07, 6.45) is 1.21. The fraction of sp³-hybridized carbons (Fsp3) is 0.545. The zero-order valence-electron chi connectivity index (χ0n) is 10.6. The van der Waals surface area contributed by atoms with Gasteiger partial charge in [0.15, 0.2) is 5.70 Å². The highest BCUT2D eigenvalue weighted by atomic mass is 32.2. The van der Waals surface area contributed by atoms with Crippen LogP contribution in [-0.4, -0.2) is 54.7 Å². The van der Waals surface area contributed by atoms with E-state index in [9.17, 15) is 19.5 Å². The Hall–Kier alpha value is -1.90. The molecule has 1 unspecified atom stereocenters. The first kappa shape index (κ1) is 13.1. The fourth-order valence-corrected chi connectivity index (χ4v) is 4.45. The highest BCUT2D eigenvalue weighted by Gasteiger charge is 2.72. The first-order valence-electron chi connectivity index (χ1n) is 5.83. The van der Waals surface area contributed by atoms with E-state index in [1.54, 1.807) is 13.8 Å². The normalized spacial score (nSPS) is 36.8. The molecule has 9 heteroatoms. The molecule has 1 amide bonds. The molecule has 2 N–H and O–H groups in total. The van der Waals surface area contributed by atoms with Gasteiger partial charge < -0.3 is 15.1 Å². The van der Waals surface area contributed by atoms with Crippen molar-refractivity contribution in [2.75, 3.05) is 0 Å². The lowest BCUT2D eigenvalue weighted by atomic mass is 9.85. The van der Waals surface area contributed by atoms with Crippen molar-refractivity contribution in [1.82, 2.24) is 4.90 Å². The van der Waals surface area contributed by atoms with E-state index in [-0.39, 0.29) is 5.70 Å². The summed E-state index contributed by atoms with van der Waals surface area (Å²) in [6, 6.07) is -0.951. The molecule has 3 rings (SSSR count). The molecule has 0 bridgehead atoms. The number of β-lactam (4-membered cyclic amide) rings is 1. The minimum absolute atomic E-state index is 0.282. The van der Waals surface area contributed by atoms with Crippen molar-refractivity contribution in [3.63, 3.8) is 0 Å². The van der Waals surface area contributed by atoms with Crippen molar-refractivity contribution in [2.45, 2.75) is 35.5 Å². The van der Waals surface area contributed by atoms with Crippen molar-refractivity contribution < 1.29 is 24.6 Å². The van der Waals surface area contributed by atoms with E-state index in [1.165, 1.54) is 22.7 Å². The number of hydrogen-bond acceptors (Lipinski definition) is 6. The zero-order chi connectivity index (χ0) is 14.9. The topological polar surface area (TPSA) is 120 Å². The Morgan fingerprint density at radius 1 is 1.40 bits per heavy atom. The van der Waals surface area contributed by atoms with E-state index in [1.807, 2.05) is 0 Å². The van der Waals surface area contributed by atoms with Crippen LogP contribution < -0.4 is 0 Å². The van der Waals surface area contributed by atoms with Gasteiger partial charge in [0, 0.05) is 4.75 Å². The molecule has 1 spiro atoms. The maximum absolute atomic E-state index is 12.3. The van der Waals surface area contributed by atoms with Crippen LogP contribution in [-0.2, 0) is 14.4 Å². The smallest absolute Gasteiger partial charge is 0.356 e. The fourth-order valence-electron chi connectivity index (χ4n) is 2.80.